The third-order valence-electron chi connectivity index (χ3n) is 4.19. The normalized spacial score (nSPS) is 16.3. The van der Waals surface area contributed by atoms with Gasteiger partial charge in [-0.15, -0.1) is 0 Å². The van der Waals surface area contributed by atoms with Gasteiger partial charge in [-0.1, -0.05) is 12.1 Å². The number of nitrogens with two attached hydrogens (primary N) is 1. The van der Waals surface area contributed by atoms with E-state index in [4.69, 9.17) is 10.5 Å². The Kier molecular flexibility index (Phi) is 3.86. The quantitative estimate of drug-likeness (QED) is 0.920. The van der Waals surface area contributed by atoms with E-state index < -0.39 is 11.7 Å². The molecule has 1 aromatic carbocycles. The average molecular weight is 325 g/mol. The van der Waals surface area contributed by atoms with Crippen LogP contribution in [0.4, 0.5) is 4.39 Å². The van der Waals surface area contributed by atoms with Gasteiger partial charge < -0.3 is 15.0 Å². The van der Waals surface area contributed by atoms with Crippen LogP contribution >= 0.6 is 0 Å². The number of aryl methyl sites for hydroxylation is 1. The van der Waals surface area contributed by atoms with Crippen molar-refractivity contribution < 1.29 is 9.13 Å². The molecule has 2 N–H and O–H groups in total. The van der Waals surface area contributed by atoms with E-state index in [9.17, 15) is 14.4 Å². The third-order valence-corrected chi connectivity index (χ3v) is 4.19. The first kappa shape index (κ1) is 15.8. The second-order valence-corrected chi connectivity index (χ2v) is 5.59. The Balaban J connectivity index is 2.36. The van der Waals surface area contributed by atoms with Crippen LogP contribution in [-0.4, -0.2) is 4.57 Å². The number of hydrogen-bond donors (Lipinski definition) is 1. The minimum atomic E-state index is -0.750. The fourth-order valence-electron chi connectivity index (χ4n) is 3.10. The first-order valence-corrected chi connectivity index (χ1v) is 7.55. The van der Waals surface area contributed by atoms with Crippen molar-refractivity contribution in [2.75, 3.05) is 0 Å². The van der Waals surface area contributed by atoms with Gasteiger partial charge in [0.05, 0.1) is 11.5 Å². The molecule has 122 valence electrons. The number of aromatic nitrogens is 1. The molecule has 1 aliphatic rings. The van der Waals surface area contributed by atoms with Gasteiger partial charge in [0, 0.05) is 18.3 Å². The Morgan fingerprint density at radius 1 is 1.42 bits per heavy atom. The van der Waals surface area contributed by atoms with E-state index in [1.54, 1.807) is 23.6 Å². The summed E-state index contributed by atoms with van der Waals surface area (Å²) in [7, 11) is 0. The summed E-state index contributed by atoms with van der Waals surface area (Å²) in [6.07, 6.45) is 0. The van der Waals surface area contributed by atoms with Crippen LogP contribution in [0.2, 0.25) is 0 Å². The molecule has 3 rings (SSSR count). The van der Waals surface area contributed by atoms with E-state index in [0.29, 0.717) is 23.4 Å². The molecule has 1 atom stereocenters. The van der Waals surface area contributed by atoms with Crippen molar-refractivity contribution >= 4 is 0 Å². The minimum Gasteiger partial charge on any atom is -0.440 e. The van der Waals surface area contributed by atoms with E-state index in [1.165, 1.54) is 18.2 Å². The molecule has 24 heavy (non-hydrogen) atoms. The molecule has 1 aliphatic heterocycles. The molecule has 0 spiro atoms. The lowest BCUT2D eigenvalue weighted by atomic mass is 9.84. The molecule has 2 heterocycles. The zero-order valence-corrected chi connectivity index (χ0v) is 13.3. The molecule has 0 bridgehead atoms. The monoisotopic (exact) mass is 325 g/mol. The maximum absolute atomic E-state index is 13.7. The summed E-state index contributed by atoms with van der Waals surface area (Å²) >= 11 is 0. The number of hydrogen-bond acceptors (Lipinski definition) is 4. The highest BCUT2D eigenvalue weighted by atomic mass is 19.1. The summed E-state index contributed by atoms with van der Waals surface area (Å²) in [4.78, 5) is 12.9. The number of pyridine rings is 1. The molecule has 1 aromatic heterocycles. The second-order valence-electron chi connectivity index (χ2n) is 5.59. The number of ether oxygens (including phenoxy) is 1. The van der Waals surface area contributed by atoms with E-state index in [0.717, 1.165) is 5.69 Å². The van der Waals surface area contributed by atoms with Crippen LogP contribution in [0.25, 0.3) is 0 Å². The molecule has 5 nitrogen and oxygen atoms in total. The van der Waals surface area contributed by atoms with Crippen molar-refractivity contribution in [1.29, 1.82) is 5.26 Å². The summed E-state index contributed by atoms with van der Waals surface area (Å²) < 4.78 is 20.8. The van der Waals surface area contributed by atoms with E-state index in [2.05, 4.69) is 0 Å². The molecule has 0 amide bonds. The lowest BCUT2D eigenvalue weighted by molar-refractivity contribution is 0.388. The molecule has 2 aromatic rings. The van der Waals surface area contributed by atoms with Gasteiger partial charge in [-0.3, -0.25) is 4.79 Å². The number of nitrogens with zero attached hydrogens (tertiary/aromatic N) is 2. The number of benzene rings is 1. The highest BCUT2D eigenvalue weighted by Gasteiger charge is 2.34. The molecule has 0 unspecified atom stereocenters. The number of nitriles is 1. The fraction of sp³-hybridized carbons (Fsp3) is 0.222. The molecule has 0 radical (unpaired) electrons. The molecular formula is C18H16FN3O2. The Labute approximate surface area is 138 Å². The largest absolute Gasteiger partial charge is 0.440 e. The zero-order chi connectivity index (χ0) is 17.4. The number of halogens is 1. The third kappa shape index (κ3) is 2.35. The summed E-state index contributed by atoms with van der Waals surface area (Å²) in [5, 5.41) is 9.49. The first-order chi connectivity index (χ1) is 11.5. The van der Waals surface area contributed by atoms with Gasteiger partial charge in [0.1, 0.15) is 23.2 Å². The second kappa shape index (κ2) is 5.85. The summed E-state index contributed by atoms with van der Waals surface area (Å²) in [6, 6.07) is 9.54. The zero-order valence-electron chi connectivity index (χ0n) is 13.3. The Bertz CT molecular complexity index is 954. The maximum atomic E-state index is 13.7. The van der Waals surface area contributed by atoms with E-state index >= 15 is 0 Å². The topological polar surface area (TPSA) is 81.0 Å². The molecular weight excluding hydrogens is 309 g/mol. The van der Waals surface area contributed by atoms with Gasteiger partial charge in [-0.05, 0) is 31.5 Å². The van der Waals surface area contributed by atoms with Crippen molar-refractivity contribution in [2.24, 2.45) is 5.73 Å². The van der Waals surface area contributed by atoms with Gasteiger partial charge in [0.25, 0.3) is 5.56 Å². The van der Waals surface area contributed by atoms with Crippen molar-refractivity contribution in [3.05, 3.63) is 74.8 Å². The van der Waals surface area contributed by atoms with Gasteiger partial charge >= 0.3 is 0 Å². The van der Waals surface area contributed by atoms with Crippen LogP contribution in [0.1, 0.15) is 29.7 Å². The SMILES string of the molecule is CCn1c(C)cc2c(c1=O)[C@H](c1cccc(F)c1)C(C#N)=C(N)O2. The van der Waals surface area contributed by atoms with Gasteiger partial charge in [0.15, 0.2) is 0 Å². The number of allylic oxidation sites excluding steroid dienone is 1. The summed E-state index contributed by atoms with van der Waals surface area (Å²) in [6.45, 7) is 4.14. The molecule has 0 fully saturated rings. The van der Waals surface area contributed by atoms with Crippen LogP contribution in [0.5, 0.6) is 5.75 Å². The molecule has 0 aliphatic carbocycles. The van der Waals surface area contributed by atoms with Gasteiger partial charge in [-0.25, -0.2) is 4.39 Å². The molecule has 0 saturated heterocycles. The Morgan fingerprint density at radius 3 is 2.79 bits per heavy atom. The molecule has 6 heteroatoms. The smallest absolute Gasteiger partial charge is 0.258 e. The average Bonchev–Trinajstić information content (AvgIpc) is 2.54. The lowest BCUT2D eigenvalue weighted by Crippen LogP contribution is -2.32. The number of rotatable bonds is 2. The fourth-order valence-corrected chi connectivity index (χ4v) is 3.10. The van der Waals surface area contributed by atoms with E-state index in [1.807, 2.05) is 13.0 Å². The van der Waals surface area contributed by atoms with Gasteiger partial charge in [0.2, 0.25) is 5.88 Å². The summed E-state index contributed by atoms with van der Waals surface area (Å²) in [5.41, 5.74) is 7.24. The van der Waals surface area contributed by atoms with Crippen molar-refractivity contribution in [2.45, 2.75) is 26.3 Å². The number of fused-ring (bicyclic) bond motifs is 1. The van der Waals surface area contributed by atoms with E-state index in [-0.39, 0.29) is 17.0 Å². The Hall–Kier alpha value is -3.07. The van der Waals surface area contributed by atoms with Crippen molar-refractivity contribution in [3.63, 3.8) is 0 Å². The van der Waals surface area contributed by atoms with Crippen LogP contribution in [0.3, 0.4) is 0 Å². The highest BCUT2D eigenvalue weighted by molar-refractivity contribution is 5.55. The van der Waals surface area contributed by atoms with Crippen LogP contribution in [-0.2, 0) is 6.54 Å². The predicted octanol–water partition coefficient (Wildman–Crippen LogP) is 2.53. The maximum Gasteiger partial charge on any atom is 0.258 e. The van der Waals surface area contributed by atoms with Crippen LogP contribution in [0.15, 0.2) is 46.6 Å². The van der Waals surface area contributed by atoms with Gasteiger partial charge in [-0.2, -0.15) is 5.26 Å². The lowest BCUT2D eigenvalue weighted by Gasteiger charge is -2.27. The predicted molar refractivity (Wildman–Crippen MR) is 86.8 cm³/mol. The summed E-state index contributed by atoms with van der Waals surface area (Å²) in [5.74, 6) is -0.944. The Morgan fingerprint density at radius 2 is 2.17 bits per heavy atom. The van der Waals surface area contributed by atoms with Crippen LogP contribution < -0.4 is 16.0 Å². The molecule has 0 saturated carbocycles. The minimum absolute atomic E-state index is 0.0627. The van der Waals surface area contributed by atoms with Crippen LogP contribution in [0, 0.1) is 24.1 Å². The standard InChI is InChI=1S/C18H16FN3O2/c1-3-22-10(2)7-14-16(18(22)23)15(13(9-20)17(21)24-14)11-5-4-6-12(19)8-11/h4-8,15H,3,21H2,1-2H3/t15-/m1/s1. The highest BCUT2D eigenvalue weighted by Crippen LogP contribution is 2.40. The van der Waals surface area contributed by atoms with Crippen molar-refractivity contribution in [1.82, 2.24) is 4.57 Å². The first-order valence-electron chi connectivity index (χ1n) is 7.55. The van der Waals surface area contributed by atoms with Crippen molar-refractivity contribution in [3.8, 4) is 11.8 Å².